The molecule has 32 heavy (non-hydrogen) atoms. The van der Waals surface area contributed by atoms with Crippen molar-refractivity contribution in [2.75, 3.05) is 6.61 Å². The van der Waals surface area contributed by atoms with Gasteiger partial charge in [0.2, 0.25) is 0 Å². The molecule has 0 heterocycles. The number of carbonyl (C=O) groups is 2. The van der Waals surface area contributed by atoms with E-state index in [1.54, 1.807) is 6.92 Å². The highest BCUT2D eigenvalue weighted by Crippen LogP contribution is 2.38. The maximum Gasteiger partial charge on any atom is 0.516 e. The fraction of sp³-hybridized carbons (Fsp3) is 0.300. The van der Waals surface area contributed by atoms with Crippen LogP contribution in [0.1, 0.15) is 41.8 Å². The SMILES string of the molecule is CCCc1cc(Oc2ccc(C(F)(F)F)cc2Cl)cc(C(=O)OC(=O)OCC)c1[N+](=O)[O-]. The van der Waals surface area contributed by atoms with Crippen LogP contribution in [0, 0.1) is 10.1 Å². The van der Waals surface area contributed by atoms with E-state index in [-0.39, 0.29) is 35.1 Å². The lowest BCUT2D eigenvalue weighted by Gasteiger charge is -2.13. The molecule has 0 saturated heterocycles. The second-order valence-corrected chi connectivity index (χ2v) is 6.71. The van der Waals surface area contributed by atoms with Crippen LogP contribution in [-0.4, -0.2) is 23.7 Å². The van der Waals surface area contributed by atoms with Crippen LogP contribution < -0.4 is 4.74 Å². The lowest BCUT2D eigenvalue weighted by Crippen LogP contribution is -2.16. The average molecular weight is 476 g/mol. The molecule has 172 valence electrons. The van der Waals surface area contributed by atoms with Crippen LogP contribution in [0.2, 0.25) is 5.02 Å². The van der Waals surface area contributed by atoms with E-state index in [0.29, 0.717) is 12.5 Å². The third-order valence-electron chi connectivity index (χ3n) is 4.01. The Hall–Kier alpha value is -3.34. The van der Waals surface area contributed by atoms with Crippen LogP contribution in [0.5, 0.6) is 11.5 Å². The molecule has 0 aliphatic heterocycles. The third-order valence-corrected chi connectivity index (χ3v) is 4.30. The molecule has 0 aliphatic rings. The average Bonchev–Trinajstić information content (AvgIpc) is 2.68. The predicted molar refractivity (Wildman–Crippen MR) is 106 cm³/mol. The van der Waals surface area contributed by atoms with E-state index in [1.165, 1.54) is 13.0 Å². The molecule has 0 aliphatic carbocycles. The number of nitrogens with zero attached hydrogens (tertiary/aromatic N) is 1. The van der Waals surface area contributed by atoms with Crippen molar-refractivity contribution in [3.05, 3.63) is 62.2 Å². The van der Waals surface area contributed by atoms with Gasteiger partial charge in [-0.3, -0.25) is 10.1 Å². The first kappa shape index (κ1) is 24.9. The topological polar surface area (TPSA) is 105 Å². The minimum atomic E-state index is -4.62. The van der Waals surface area contributed by atoms with E-state index < -0.39 is 40.0 Å². The van der Waals surface area contributed by atoms with Gasteiger partial charge in [-0.15, -0.1) is 0 Å². The smallest absolute Gasteiger partial charge is 0.456 e. The first-order valence-corrected chi connectivity index (χ1v) is 9.60. The lowest BCUT2D eigenvalue weighted by atomic mass is 10.0. The largest absolute Gasteiger partial charge is 0.516 e. The van der Waals surface area contributed by atoms with Crippen molar-refractivity contribution >= 4 is 29.4 Å². The highest BCUT2D eigenvalue weighted by Gasteiger charge is 2.32. The predicted octanol–water partition coefficient (Wildman–Crippen LogP) is 6.33. The number of carbonyl (C=O) groups excluding carboxylic acids is 2. The maximum atomic E-state index is 12.8. The van der Waals surface area contributed by atoms with Crippen molar-refractivity contribution in [3.8, 4) is 11.5 Å². The molecule has 8 nitrogen and oxygen atoms in total. The van der Waals surface area contributed by atoms with Crippen LogP contribution in [0.3, 0.4) is 0 Å². The maximum absolute atomic E-state index is 12.8. The normalized spacial score (nSPS) is 11.1. The Bertz CT molecular complexity index is 1040. The Morgan fingerprint density at radius 2 is 1.84 bits per heavy atom. The van der Waals surface area contributed by atoms with Crippen molar-refractivity contribution in [1.82, 2.24) is 0 Å². The summed E-state index contributed by atoms with van der Waals surface area (Å²) >= 11 is 5.89. The zero-order valence-electron chi connectivity index (χ0n) is 16.8. The number of rotatable bonds is 7. The van der Waals surface area contributed by atoms with Gasteiger partial charge in [-0.05, 0) is 37.6 Å². The Labute approximate surface area is 185 Å². The second-order valence-electron chi connectivity index (χ2n) is 6.30. The van der Waals surface area contributed by atoms with Gasteiger partial charge in [0.15, 0.2) is 0 Å². The quantitative estimate of drug-likeness (QED) is 0.199. The summed E-state index contributed by atoms with van der Waals surface area (Å²) < 4.78 is 53.0. The number of halogens is 4. The summed E-state index contributed by atoms with van der Waals surface area (Å²) in [5, 5.41) is 11.2. The molecular weight excluding hydrogens is 459 g/mol. The molecule has 0 fully saturated rings. The van der Waals surface area contributed by atoms with Gasteiger partial charge in [0.05, 0.1) is 22.1 Å². The van der Waals surface area contributed by atoms with E-state index >= 15 is 0 Å². The molecule has 0 amide bonds. The number of hydrogen-bond donors (Lipinski definition) is 0. The standard InChI is InChI=1S/C20H17ClF3NO7/c1-3-5-11-8-13(31-16-7-6-12(9-15(16)21)20(22,23)24)10-14(17(11)25(28)29)18(26)32-19(27)30-4-2/h6-10H,3-5H2,1-2H3. The first-order chi connectivity index (χ1) is 15.0. The Balaban J connectivity index is 2.52. The monoisotopic (exact) mass is 475 g/mol. The molecule has 0 unspecified atom stereocenters. The summed E-state index contributed by atoms with van der Waals surface area (Å²) in [6.45, 7) is 3.11. The van der Waals surface area contributed by atoms with Gasteiger partial charge >= 0.3 is 18.3 Å². The van der Waals surface area contributed by atoms with E-state index in [0.717, 1.165) is 18.2 Å². The van der Waals surface area contributed by atoms with Gasteiger partial charge < -0.3 is 14.2 Å². The minimum absolute atomic E-state index is 0.0915. The molecule has 0 atom stereocenters. The fourth-order valence-electron chi connectivity index (χ4n) is 2.72. The number of nitro groups is 1. The molecule has 12 heteroatoms. The molecule has 0 aromatic heterocycles. The van der Waals surface area contributed by atoms with Crippen LogP contribution in [-0.2, 0) is 22.1 Å². The number of aryl methyl sites for hydroxylation is 1. The van der Waals surface area contributed by atoms with Crippen molar-refractivity contribution in [2.24, 2.45) is 0 Å². The van der Waals surface area contributed by atoms with Gasteiger partial charge in [-0.25, -0.2) is 9.59 Å². The van der Waals surface area contributed by atoms with Crippen molar-refractivity contribution < 1.29 is 41.9 Å². The summed E-state index contributed by atoms with van der Waals surface area (Å²) in [5.41, 5.74) is -2.09. The van der Waals surface area contributed by atoms with E-state index in [9.17, 15) is 32.9 Å². The van der Waals surface area contributed by atoms with Gasteiger partial charge in [0, 0.05) is 11.6 Å². The Morgan fingerprint density at radius 3 is 2.38 bits per heavy atom. The molecule has 0 bridgehead atoms. The van der Waals surface area contributed by atoms with Crippen molar-refractivity contribution in [3.63, 3.8) is 0 Å². The summed E-state index contributed by atoms with van der Waals surface area (Å²) in [6.07, 6.45) is -5.35. The summed E-state index contributed by atoms with van der Waals surface area (Å²) in [7, 11) is 0. The zero-order valence-corrected chi connectivity index (χ0v) is 17.6. The molecule has 0 radical (unpaired) electrons. The molecule has 2 aromatic carbocycles. The van der Waals surface area contributed by atoms with Crippen LogP contribution >= 0.6 is 11.6 Å². The number of hydrogen-bond acceptors (Lipinski definition) is 7. The van der Waals surface area contributed by atoms with Gasteiger partial charge in [-0.1, -0.05) is 24.9 Å². The third kappa shape index (κ3) is 6.10. The fourth-order valence-corrected chi connectivity index (χ4v) is 2.94. The number of nitro benzene ring substituents is 1. The summed E-state index contributed by atoms with van der Waals surface area (Å²) in [4.78, 5) is 34.7. The van der Waals surface area contributed by atoms with Crippen LogP contribution in [0.25, 0.3) is 0 Å². The van der Waals surface area contributed by atoms with Crippen molar-refractivity contribution in [1.29, 1.82) is 0 Å². The van der Waals surface area contributed by atoms with Gasteiger partial charge in [-0.2, -0.15) is 13.2 Å². The molecule has 2 rings (SSSR count). The molecule has 2 aromatic rings. The van der Waals surface area contributed by atoms with Crippen LogP contribution in [0.4, 0.5) is 23.7 Å². The zero-order chi connectivity index (χ0) is 24.1. The number of benzene rings is 2. The number of ether oxygens (including phenoxy) is 3. The van der Waals surface area contributed by atoms with Crippen LogP contribution in [0.15, 0.2) is 30.3 Å². The van der Waals surface area contributed by atoms with E-state index in [4.69, 9.17) is 16.3 Å². The Morgan fingerprint density at radius 1 is 1.16 bits per heavy atom. The minimum Gasteiger partial charge on any atom is -0.456 e. The van der Waals surface area contributed by atoms with Gasteiger partial charge in [0.1, 0.15) is 17.1 Å². The lowest BCUT2D eigenvalue weighted by molar-refractivity contribution is -0.385. The first-order valence-electron chi connectivity index (χ1n) is 9.22. The van der Waals surface area contributed by atoms with Gasteiger partial charge in [0.25, 0.3) is 5.69 Å². The highest BCUT2D eigenvalue weighted by atomic mass is 35.5. The molecule has 0 N–H and O–H groups in total. The number of alkyl halides is 3. The summed E-state index contributed by atoms with van der Waals surface area (Å²) in [6, 6.07) is 4.58. The number of esters is 1. The van der Waals surface area contributed by atoms with Crippen molar-refractivity contribution in [2.45, 2.75) is 32.9 Å². The molecule has 0 saturated carbocycles. The molecular formula is C20H17ClF3NO7. The second kappa shape index (κ2) is 10.3. The van der Waals surface area contributed by atoms with E-state index in [1.807, 2.05) is 0 Å². The van der Waals surface area contributed by atoms with E-state index in [2.05, 4.69) is 9.47 Å². The highest BCUT2D eigenvalue weighted by molar-refractivity contribution is 6.32. The molecule has 0 spiro atoms. The Kier molecular flexibility index (Phi) is 8.03. The summed E-state index contributed by atoms with van der Waals surface area (Å²) in [5.74, 6) is -1.66.